The summed E-state index contributed by atoms with van der Waals surface area (Å²) in [6, 6.07) is 5.95. The van der Waals surface area contributed by atoms with Crippen molar-refractivity contribution in [1.29, 1.82) is 0 Å². The number of hydrogen-bond donors (Lipinski definition) is 2. The van der Waals surface area contributed by atoms with E-state index in [4.69, 9.17) is 0 Å². The quantitative estimate of drug-likeness (QED) is 0.640. The van der Waals surface area contributed by atoms with Gasteiger partial charge in [-0.05, 0) is 29.5 Å². The van der Waals surface area contributed by atoms with E-state index in [2.05, 4.69) is 30.8 Å². The van der Waals surface area contributed by atoms with Crippen molar-refractivity contribution < 1.29 is 22.8 Å². The van der Waals surface area contributed by atoms with E-state index >= 15 is 0 Å². The van der Waals surface area contributed by atoms with E-state index in [1.807, 2.05) is 0 Å². The first-order valence-corrected chi connectivity index (χ1v) is 11.5. The third-order valence-electron chi connectivity index (χ3n) is 5.42. The van der Waals surface area contributed by atoms with Gasteiger partial charge in [-0.2, -0.15) is 0 Å². The van der Waals surface area contributed by atoms with Crippen LogP contribution in [0, 0.1) is 0 Å². The molecule has 10 heteroatoms. The molecule has 0 saturated carbocycles. The van der Waals surface area contributed by atoms with Crippen molar-refractivity contribution in [3.63, 3.8) is 0 Å². The molecule has 30 heavy (non-hydrogen) atoms. The number of amides is 4. The maximum Gasteiger partial charge on any atom is 0.324 e. The first kappa shape index (κ1) is 22.2. The van der Waals surface area contributed by atoms with Gasteiger partial charge in [-0.1, -0.05) is 32.9 Å². The molecule has 1 aromatic rings. The summed E-state index contributed by atoms with van der Waals surface area (Å²) < 4.78 is 27.4. The summed E-state index contributed by atoms with van der Waals surface area (Å²) in [4.78, 5) is 38.9. The minimum atomic E-state index is -3.71. The summed E-state index contributed by atoms with van der Waals surface area (Å²) in [5.74, 6) is -0.500. The van der Waals surface area contributed by atoms with Crippen LogP contribution < -0.4 is 10.0 Å². The molecule has 1 atom stereocenters. The lowest BCUT2D eigenvalue weighted by Gasteiger charge is -2.21. The van der Waals surface area contributed by atoms with Crippen molar-refractivity contribution in [2.24, 2.45) is 0 Å². The molecular formula is C20H28N4O5S. The van der Waals surface area contributed by atoms with Gasteiger partial charge in [-0.3, -0.25) is 14.5 Å². The zero-order valence-electron chi connectivity index (χ0n) is 17.5. The predicted molar refractivity (Wildman–Crippen MR) is 110 cm³/mol. The van der Waals surface area contributed by atoms with Gasteiger partial charge in [0.25, 0.3) is 0 Å². The third kappa shape index (κ3) is 4.81. The van der Waals surface area contributed by atoms with E-state index in [1.54, 1.807) is 29.2 Å². The molecule has 9 nitrogen and oxygen atoms in total. The van der Waals surface area contributed by atoms with E-state index in [-0.39, 0.29) is 54.2 Å². The van der Waals surface area contributed by atoms with Crippen molar-refractivity contribution in [2.75, 3.05) is 26.2 Å². The van der Waals surface area contributed by atoms with Crippen molar-refractivity contribution in [2.45, 2.75) is 50.0 Å². The highest BCUT2D eigenvalue weighted by molar-refractivity contribution is 7.89. The average molecular weight is 437 g/mol. The molecule has 2 aliphatic rings. The van der Waals surface area contributed by atoms with Crippen LogP contribution >= 0.6 is 0 Å². The lowest BCUT2D eigenvalue weighted by atomic mass is 9.87. The van der Waals surface area contributed by atoms with Gasteiger partial charge >= 0.3 is 6.03 Å². The van der Waals surface area contributed by atoms with Crippen LogP contribution in [0.3, 0.4) is 0 Å². The van der Waals surface area contributed by atoms with Crippen molar-refractivity contribution in [3.8, 4) is 0 Å². The van der Waals surface area contributed by atoms with E-state index in [9.17, 15) is 22.8 Å². The molecular weight excluding hydrogens is 408 g/mol. The summed E-state index contributed by atoms with van der Waals surface area (Å²) in [5.41, 5.74) is 0.959. The average Bonchev–Trinajstić information content (AvgIpc) is 3.27. The summed E-state index contributed by atoms with van der Waals surface area (Å²) in [6.45, 7) is 6.83. The van der Waals surface area contributed by atoms with E-state index < -0.39 is 16.1 Å². The molecule has 0 spiro atoms. The SMILES string of the molecule is CC(C)(C)c1ccc(S(=O)(=O)NCCC(=O)N2CCC(N3C(=O)CNC3=O)C2)cc1. The van der Waals surface area contributed by atoms with Gasteiger partial charge in [0.1, 0.15) is 0 Å². The zero-order valence-corrected chi connectivity index (χ0v) is 18.3. The highest BCUT2D eigenvalue weighted by atomic mass is 32.2. The largest absolute Gasteiger partial charge is 0.340 e. The minimum absolute atomic E-state index is 0.00612. The smallest absolute Gasteiger partial charge is 0.324 e. The molecule has 4 amide bonds. The Morgan fingerprint density at radius 2 is 1.87 bits per heavy atom. The Morgan fingerprint density at radius 3 is 2.43 bits per heavy atom. The van der Waals surface area contributed by atoms with Crippen LogP contribution in [-0.2, 0) is 25.0 Å². The van der Waals surface area contributed by atoms with Gasteiger partial charge in [0, 0.05) is 26.1 Å². The third-order valence-corrected chi connectivity index (χ3v) is 6.90. The Labute approximate surface area is 176 Å². The Bertz CT molecular complexity index is 921. The van der Waals surface area contributed by atoms with E-state index in [0.717, 1.165) is 5.56 Å². The number of carbonyl (C=O) groups excluding carboxylic acids is 3. The Hall–Kier alpha value is -2.46. The number of imide groups is 1. The number of nitrogens with zero attached hydrogens (tertiary/aromatic N) is 2. The molecule has 1 unspecified atom stereocenters. The fourth-order valence-corrected chi connectivity index (χ4v) is 4.68. The van der Waals surface area contributed by atoms with Crippen LogP contribution in [0.4, 0.5) is 4.79 Å². The van der Waals surface area contributed by atoms with Gasteiger partial charge in [-0.15, -0.1) is 0 Å². The van der Waals surface area contributed by atoms with E-state index in [0.29, 0.717) is 13.0 Å². The van der Waals surface area contributed by atoms with Crippen LogP contribution in [0.25, 0.3) is 0 Å². The molecule has 2 aliphatic heterocycles. The number of hydrogen-bond acceptors (Lipinski definition) is 5. The number of carbonyl (C=O) groups is 3. The lowest BCUT2D eigenvalue weighted by Crippen LogP contribution is -2.43. The first-order chi connectivity index (χ1) is 14.0. The fourth-order valence-electron chi connectivity index (χ4n) is 3.65. The molecule has 2 heterocycles. The number of benzene rings is 1. The molecule has 2 fully saturated rings. The lowest BCUT2D eigenvalue weighted by molar-refractivity contribution is -0.131. The normalized spacial score (nSPS) is 20.0. The van der Waals surface area contributed by atoms with Gasteiger partial charge in [0.15, 0.2) is 0 Å². The van der Waals surface area contributed by atoms with Gasteiger partial charge < -0.3 is 10.2 Å². The number of rotatable bonds is 6. The fraction of sp³-hybridized carbons (Fsp3) is 0.550. The van der Waals surface area contributed by atoms with E-state index in [1.165, 1.54) is 4.90 Å². The van der Waals surface area contributed by atoms with Crippen LogP contribution in [0.5, 0.6) is 0 Å². The molecule has 164 valence electrons. The van der Waals surface area contributed by atoms with Gasteiger partial charge in [0.2, 0.25) is 21.8 Å². The van der Waals surface area contributed by atoms with Crippen LogP contribution in [0.2, 0.25) is 0 Å². The second-order valence-corrected chi connectivity index (χ2v) is 10.4. The van der Waals surface area contributed by atoms with Crippen LogP contribution in [-0.4, -0.2) is 68.3 Å². The number of urea groups is 1. The maximum absolute atomic E-state index is 12.5. The second-order valence-electron chi connectivity index (χ2n) is 8.63. The molecule has 3 rings (SSSR count). The molecule has 0 radical (unpaired) electrons. The number of nitrogens with one attached hydrogen (secondary N) is 2. The summed E-state index contributed by atoms with van der Waals surface area (Å²) >= 11 is 0. The Balaban J connectivity index is 1.50. The summed E-state index contributed by atoms with van der Waals surface area (Å²) in [7, 11) is -3.71. The van der Waals surface area contributed by atoms with Crippen molar-refractivity contribution in [1.82, 2.24) is 19.8 Å². The molecule has 0 aliphatic carbocycles. The van der Waals surface area contributed by atoms with Crippen LogP contribution in [0.15, 0.2) is 29.2 Å². The topological polar surface area (TPSA) is 116 Å². The first-order valence-electron chi connectivity index (χ1n) is 9.97. The highest BCUT2D eigenvalue weighted by Gasteiger charge is 2.39. The Morgan fingerprint density at radius 1 is 1.20 bits per heavy atom. The molecule has 2 saturated heterocycles. The Kier molecular flexibility index (Phi) is 6.19. The highest BCUT2D eigenvalue weighted by Crippen LogP contribution is 2.23. The van der Waals surface area contributed by atoms with Crippen molar-refractivity contribution >= 4 is 27.9 Å². The number of likely N-dealkylation sites (tertiary alicyclic amines) is 1. The van der Waals surface area contributed by atoms with Crippen LogP contribution in [0.1, 0.15) is 39.2 Å². The minimum Gasteiger partial charge on any atom is -0.340 e. The zero-order chi connectivity index (χ0) is 22.1. The standard InChI is InChI=1S/C20H28N4O5S/c1-20(2,3)14-4-6-16(7-5-14)30(28,29)22-10-8-17(25)23-11-9-15(13-23)24-18(26)12-21-19(24)27/h4-7,15,22H,8-13H2,1-3H3,(H,21,27). The maximum atomic E-state index is 12.5. The molecule has 0 bridgehead atoms. The predicted octanol–water partition coefficient (Wildman–Crippen LogP) is 0.805. The summed E-state index contributed by atoms with van der Waals surface area (Å²) in [5, 5.41) is 2.48. The van der Waals surface area contributed by atoms with Crippen molar-refractivity contribution in [3.05, 3.63) is 29.8 Å². The molecule has 2 N–H and O–H groups in total. The second kappa shape index (κ2) is 8.35. The number of sulfonamides is 1. The summed E-state index contributed by atoms with van der Waals surface area (Å²) in [6.07, 6.45) is 0.531. The molecule has 0 aromatic heterocycles. The van der Waals surface area contributed by atoms with Gasteiger partial charge in [-0.25, -0.2) is 17.9 Å². The van der Waals surface area contributed by atoms with Gasteiger partial charge in [0.05, 0.1) is 17.5 Å². The monoisotopic (exact) mass is 436 g/mol. The molecule has 1 aromatic carbocycles.